The van der Waals surface area contributed by atoms with Gasteiger partial charge in [0.05, 0.1) is 12.8 Å². The van der Waals surface area contributed by atoms with Gasteiger partial charge < -0.3 is 9.52 Å². The molecule has 0 saturated heterocycles. The maximum absolute atomic E-state index is 11.2. The van der Waals surface area contributed by atoms with Gasteiger partial charge in [0.2, 0.25) is 0 Å². The number of nitrogens with zero attached hydrogens (tertiary/aromatic N) is 1. The maximum Gasteiger partial charge on any atom is 0.321 e. The topological polar surface area (TPSA) is 53.7 Å². The molecule has 4 heteroatoms. The molecule has 1 heterocycles. The van der Waals surface area contributed by atoms with Crippen molar-refractivity contribution in [3.8, 4) is 0 Å². The summed E-state index contributed by atoms with van der Waals surface area (Å²) in [4.78, 5) is 13.2. The summed E-state index contributed by atoms with van der Waals surface area (Å²) < 4.78 is 5.26. The average molecular weight is 223 g/mol. The summed E-state index contributed by atoms with van der Waals surface area (Å²) in [5.74, 6) is 0.442. The number of carboxylic acid groups (broad SMARTS) is 1. The predicted molar refractivity (Wildman–Crippen MR) is 58.9 cm³/mol. The Morgan fingerprint density at radius 1 is 1.69 bits per heavy atom. The molecule has 0 bridgehead atoms. The fraction of sp³-hybridized carbons (Fsp3) is 0.583. The van der Waals surface area contributed by atoms with Crippen molar-refractivity contribution in [3.05, 3.63) is 24.2 Å². The van der Waals surface area contributed by atoms with Crippen LogP contribution in [0.25, 0.3) is 0 Å². The van der Waals surface area contributed by atoms with Gasteiger partial charge in [0.1, 0.15) is 11.8 Å². The first kappa shape index (κ1) is 11.2. The van der Waals surface area contributed by atoms with Gasteiger partial charge in [0, 0.05) is 0 Å². The van der Waals surface area contributed by atoms with Gasteiger partial charge in [-0.3, -0.25) is 9.69 Å². The first-order valence-electron chi connectivity index (χ1n) is 5.71. The molecule has 88 valence electrons. The van der Waals surface area contributed by atoms with E-state index in [1.54, 1.807) is 6.26 Å². The molecule has 1 atom stereocenters. The Labute approximate surface area is 94.9 Å². The van der Waals surface area contributed by atoms with E-state index in [-0.39, 0.29) is 6.04 Å². The number of furan rings is 1. The van der Waals surface area contributed by atoms with Gasteiger partial charge in [0.25, 0.3) is 0 Å². The summed E-state index contributed by atoms with van der Waals surface area (Å²) >= 11 is 0. The first-order chi connectivity index (χ1) is 7.72. The van der Waals surface area contributed by atoms with Gasteiger partial charge in [-0.2, -0.15) is 0 Å². The second kappa shape index (κ2) is 4.70. The van der Waals surface area contributed by atoms with Gasteiger partial charge in [-0.05, 0) is 37.4 Å². The van der Waals surface area contributed by atoms with Crippen LogP contribution in [0.4, 0.5) is 0 Å². The summed E-state index contributed by atoms with van der Waals surface area (Å²) in [7, 11) is 0. The smallest absolute Gasteiger partial charge is 0.321 e. The number of hydrogen-bond donors (Lipinski definition) is 1. The fourth-order valence-corrected chi connectivity index (χ4v) is 2.08. The highest BCUT2D eigenvalue weighted by Crippen LogP contribution is 2.36. The van der Waals surface area contributed by atoms with Crippen LogP contribution in [0.15, 0.2) is 22.8 Å². The van der Waals surface area contributed by atoms with E-state index in [1.807, 2.05) is 24.0 Å². The van der Waals surface area contributed by atoms with Gasteiger partial charge in [-0.1, -0.05) is 6.92 Å². The predicted octanol–water partition coefficient (Wildman–Crippen LogP) is 1.96. The first-order valence-corrected chi connectivity index (χ1v) is 5.71. The lowest BCUT2D eigenvalue weighted by Gasteiger charge is -2.26. The highest BCUT2D eigenvalue weighted by atomic mass is 16.4. The van der Waals surface area contributed by atoms with Crippen molar-refractivity contribution < 1.29 is 14.3 Å². The molecule has 0 aliphatic heterocycles. The van der Waals surface area contributed by atoms with Gasteiger partial charge >= 0.3 is 5.97 Å². The fourth-order valence-electron chi connectivity index (χ4n) is 2.08. The Hall–Kier alpha value is -1.29. The SMILES string of the molecule is CCN(Cc1ccco1)C(C(=O)O)C1CC1. The number of carboxylic acids is 1. The minimum Gasteiger partial charge on any atom is -0.480 e. The summed E-state index contributed by atoms with van der Waals surface area (Å²) in [6, 6.07) is 3.36. The zero-order valence-corrected chi connectivity index (χ0v) is 9.43. The van der Waals surface area contributed by atoms with Crippen LogP contribution in [0, 0.1) is 5.92 Å². The summed E-state index contributed by atoms with van der Waals surface area (Å²) in [6.07, 6.45) is 3.69. The van der Waals surface area contributed by atoms with E-state index < -0.39 is 5.97 Å². The zero-order valence-electron chi connectivity index (χ0n) is 9.43. The number of aliphatic carboxylic acids is 1. The molecular weight excluding hydrogens is 206 g/mol. The van der Waals surface area contributed by atoms with Crippen LogP contribution in [0.1, 0.15) is 25.5 Å². The van der Waals surface area contributed by atoms with Crippen LogP contribution in [0.5, 0.6) is 0 Å². The number of rotatable bonds is 6. The van der Waals surface area contributed by atoms with Crippen LogP contribution in [0.2, 0.25) is 0 Å². The summed E-state index contributed by atoms with van der Waals surface area (Å²) in [6.45, 7) is 3.30. The molecule has 1 unspecified atom stereocenters. The lowest BCUT2D eigenvalue weighted by atomic mass is 10.1. The molecule has 1 N–H and O–H groups in total. The molecule has 0 aromatic carbocycles. The molecular formula is C12H17NO3. The van der Waals surface area contributed by atoms with Gasteiger partial charge in [-0.15, -0.1) is 0 Å². The molecule has 1 aliphatic rings. The number of carbonyl (C=O) groups is 1. The normalized spacial score (nSPS) is 17.6. The van der Waals surface area contributed by atoms with E-state index in [1.165, 1.54) is 0 Å². The lowest BCUT2D eigenvalue weighted by molar-refractivity contribution is -0.144. The van der Waals surface area contributed by atoms with E-state index >= 15 is 0 Å². The monoisotopic (exact) mass is 223 g/mol. The van der Waals surface area contributed by atoms with Crippen molar-refractivity contribution >= 4 is 5.97 Å². The van der Waals surface area contributed by atoms with Gasteiger partial charge in [-0.25, -0.2) is 0 Å². The maximum atomic E-state index is 11.2. The third kappa shape index (κ3) is 2.44. The van der Waals surface area contributed by atoms with Crippen LogP contribution in [0.3, 0.4) is 0 Å². The minimum absolute atomic E-state index is 0.326. The Bertz CT molecular complexity index is 343. The quantitative estimate of drug-likeness (QED) is 0.801. The summed E-state index contributed by atoms with van der Waals surface area (Å²) in [5, 5.41) is 9.24. The molecule has 1 aromatic heterocycles. The number of likely N-dealkylation sites (N-methyl/N-ethyl adjacent to an activating group) is 1. The lowest BCUT2D eigenvalue weighted by Crippen LogP contribution is -2.42. The van der Waals surface area contributed by atoms with Crippen molar-refractivity contribution in [2.24, 2.45) is 5.92 Å². The minimum atomic E-state index is -0.712. The van der Waals surface area contributed by atoms with Crippen molar-refractivity contribution in [1.82, 2.24) is 4.90 Å². The van der Waals surface area contributed by atoms with E-state index in [4.69, 9.17) is 4.42 Å². The van der Waals surface area contributed by atoms with Gasteiger partial charge in [0.15, 0.2) is 0 Å². The highest BCUT2D eigenvalue weighted by molar-refractivity contribution is 5.74. The summed E-state index contributed by atoms with van der Waals surface area (Å²) in [5.41, 5.74) is 0. The molecule has 1 fully saturated rings. The van der Waals surface area contributed by atoms with E-state index in [9.17, 15) is 9.90 Å². The zero-order chi connectivity index (χ0) is 11.5. The molecule has 16 heavy (non-hydrogen) atoms. The Morgan fingerprint density at radius 2 is 2.44 bits per heavy atom. The molecule has 1 aliphatic carbocycles. The molecule has 0 radical (unpaired) electrons. The third-order valence-electron chi connectivity index (χ3n) is 3.06. The van der Waals surface area contributed by atoms with E-state index in [0.29, 0.717) is 12.5 Å². The molecule has 0 amide bonds. The van der Waals surface area contributed by atoms with Crippen molar-refractivity contribution in [1.29, 1.82) is 0 Å². The van der Waals surface area contributed by atoms with Crippen LogP contribution in [-0.2, 0) is 11.3 Å². The van der Waals surface area contributed by atoms with Crippen LogP contribution < -0.4 is 0 Å². The second-order valence-corrected chi connectivity index (χ2v) is 4.26. The largest absolute Gasteiger partial charge is 0.480 e. The third-order valence-corrected chi connectivity index (χ3v) is 3.06. The van der Waals surface area contributed by atoms with Crippen molar-refractivity contribution in [3.63, 3.8) is 0 Å². The molecule has 1 aromatic rings. The van der Waals surface area contributed by atoms with Crippen LogP contribution in [-0.4, -0.2) is 28.6 Å². The van der Waals surface area contributed by atoms with Crippen molar-refractivity contribution in [2.45, 2.75) is 32.4 Å². The molecule has 1 saturated carbocycles. The average Bonchev–Trinajstić information content (AvgIpc) is 2.93. The molecule has 0 spiro atoms. The van der Waals surface area contributed by atoms with Crippen molar-refractivity contribution in [2.75, 3.05) is 6.54 Å². The second-order valence-electron chi connectivity index (χ2n) is 4.26. The van der Waals surface area contributed by atoms with Crippen LogP contribution >= 0.6 is 0 Å². The van der Waals surface area contributed by atoms with E-state index in [2.05, 4.69) is 0 Å². The highest BCUT2D eigenvalue weighted by Gasteiger charge is 2.39. The molecule has 4 nitrogen and oxygen atoms in total. The number of hydrogen-bond acceptors (Lipinski definition) is 3. The van der Waals surface area contributed by atoms with E-state index in [0.717, 1.165) is 25.1 Å². The molecule has 2 rings (SSSR count). The Morgan fingerprint density at radius 3 is 2.88 bits per heavy atom. The standard InChI is InChI=1S/C12H17NO3/c1-2-13(8-10-4-3-7-16-10)11(12(14)15)9-5-6-9/h3-4,7,9,11H,2,5-6,8H2,1H3,(H,14,15). The Balaban J connectivity index is 2.04. The Kier molecular flexibility index (Phi) is 3.29.